The Kier molecular flexibility index (Phi) is 7.07. The SMILES string of the molecule is COC(=O)CCc1cc2c(C)cc(=O)oc2c(CN2CCN(c3ccc(OC)cc3)CC2)c1O. The second kappa shape index (κ2) is 10.2. The van der Waals surface area contributed by atoms with E-state index in [1.54, 1.807) is 13.2 Å². The minimum atomic E-state index is -0.447. The summed E-state index contributed by atoms with van der Waals surface area (Å²) in [6, 6.07) is 11.3. The van der Waals surface area contributed by atoms with Crippen molar-refractivity contribution >= 4 is 22.6 Å². The van der Waals surface area contributed by atoms with Gasteiger partial charge < -0.3 is 23.9 Å². The Bertz CT molecular complexity index is 1230. The van der Waals surface area contributed by atoms with E-state index in [9.17, 15) is 14.7 Å². The second-order valence-corrected chi connectivity index (χ2v) is 8.53. The maximum Gasteiger partial charge on any atom is 0.336 e. The molecule has 34 heavy (non-hydrogen) atoms. The van der Waals surface area contributed by atoms with E-state index in [1.165, 1.54) is 13.2 Å². The number of esters is 1. The lowest BCUT2D eigenvalue weighted by molar-refractivity contribution is -0.140. The molecule has 0 spiro atoms. The highest BCUT2D eigenvalue weighted by Gasteiger charge is 2.23. The summed E-state index contributed by atoms with van der Waals surface area (Å²) in [5.41, 5.74) is 3.09. The summed E-state index contributed by atoms with van der Waals surface area (Å²) in [7, 11) is 3.00. The molecule has 1 saturated heterocycles. The molecule has 4 rings (SSSR count). The van der Waals surface area contributed by atoms with Crippen molar-refractivity contribution in [1.82, 2.24) is 4.90 Å². The number of carbonyl (C=O) groups is 1. The third-order valence-electron chi connectivity index (χ3n) is 6.41. The molecule has 1 aromatic heterocycles. The van der Waals surface area contributed by atoms with Gasteiger partial charge in [-0.3, -0.25) is 9.69 Å². The molecule has 180 valence electrons. The van der Waals surface area contributed by atoms with Crippen LogP contribution in [0.25, 0.3) is 11.0 Å². The molecular formula is C26H30N2O6. The maximum absolute atomic E-state index is 12.1. The summed E-state index contributed by atoms with van der Waals surface area (Å²) in [6.07, 6.45) is 0.497. The Morgan fingerprint density at radius 3 is 2.44 bits per heavy atom. The summed E-state index contributed by atoms with van der Waals surface area (Å²) in [6.45, 7) is 5.52. The lowest BCUT2D eigenvalue weighted by Crippen LogP contribution is -2.46. The third-order valence-corrected chi connectivity index (χ3v) is 6.41. The minimum Gasteiger partial charge on any atom is -0.507 e. The van der Waals surface area contributed by atoms with Crippen LogP contribution in [0.3, 0.4) is 0 Å². The average molecular weight is 467 g/mol. The van der Waals surface area contributed by atoms with E-state index in [-0.39, 0.29) is 18.1 Å². The molecule has 0 unspecified atom stereocenters. The molecule has 8 heteroatoms. The van der Waals surface area contributed by atoms with Crippen molar-refractivity contribution in [2.75, 3.05) is 45.3 Å². The number of rotatable bonds is 7. The number of aryl methyl sites for hydroxylation is 2. The molecule has 0 radical (unpaired) electrons. The molecule has 1 fully saturated rings. The average Bonchev–Trinajstić information content (AvgIpc) is 2.85. The fraction of sp³-hybridized carbons (Fsp3) is 0.385. The van der Waals surface area contributed by atoms with Crippen LogP contribution in [0.1, 0.15) is 23.1 Å². The topological polar surface area (TPSA) is 92.5 Å². The van der Waals surface area contributed by atoms with E-state index in [0.29, 0.717) is 29.7 Å². The molecule has 8 nitrogen and oxygen atoms in total. The Hall–Kier alpha value is -3.52. The lowest BCUT2D eigenvalue weighted by atomic mass is 9.98. The quantitative estimate of drug-likeness (QED) is 0.419. The molecular weight excluding hydrogens is 436 g/mol. The summed E-state index contributed by atoms with van der Waals surface area (Å²) < 4.78 is 15.5. The first-order chi connectivity index (χ1) is 16.4. The number of ether oxygens (including phenoxy) is 2. The van der Waals surface area contributed by atoms with Crippen LogP contribution in [0.15, 0.2) is 45.6 Å². The van der Waals surface area contributed by atoms with Crippen LogP contribution >= 0.6 is 0 Å². The van der Waals surface area contributed by atoms with E-state index in [1.807, 2.05) is 19.1 Å². The van der Waals surface area contributed by atoms with Gasteiger partial charge in [0, 0.05) is 56.3 Å². The highest BCUT2D eigenvalue weighted by Crippen LogP contribution is 2.34. The number of benzene rings is 2. The standard InChI is InChI=1S/C26H30N2O6/c1-17-14-24(30)34-26-21(17)15-18(4-9-23(29)33-3)25(31)22(26)16-27-10-12-28(13-11-27)19-5-7-20(32-2)8-6-19/h5-8,14-15,31H,4,9-13,16H2,1-3H3. The Labute approximate surface area is 198 Å². The van der Waals surface area contributed by atoms with Crippen LogP contribution in [0.2, 0.25) is 0 Å². The zero-order valence-corrected chi connectivity index (χ0v) is 19.8. The summed E-state index contributed by atoms with van der Waals surface area (Å²) >= 11 is 0. The van der Waals surface area contributed by atoms with Gasteiger partial charge in [-0.2, -0.15) is 0 Å². The predicted octanol–water partition coefficient (Wildman–Crippen LogP) is 3.24. The number of hydrogen-bond donors (Lipinski definition) is 1. The van der Waals surface area contributed by atoms with Crippen LogP contribution in [0, 0.1) is 6.92 Å². The molecule has 0 aliphatic carbocycles. The number of fused-ring (bicyclic) bond motifs is 1. The van der Waals surface area contributed by atoms with Gasteiger partial charge >= 0.3 is 11.6 Å². The number of nitrogens with zero attached hydrogens (tertiary/aromatic N) is 2. The third kappa shape index (κ3) is 5.02. The molecule has 1 aliphatic rings. The molecule has 0 atom stereocenters. The van der Waals surface area contributed by atoms with Gasteiger partial charge in [0.25, 0.3) is 0 Å². The molecule has 0 bridgehead atoms. The van der Waals surface area contributed by atoms with Crippen LogP contribution < -0.4 is 15.3 Å². The van der Waals surface area contributed by atoms with Crippen LogP contribution in [0.4, 0.5) is 5.69 Å². The van der Waals surface area contributed by atoms with Gasteiger partial charge in [-0.15, -0.1) is 0 Å². The number of hydrogen-bond acceptors (Lipinski definition) is 8. The van der Waals surface area contributed by atoms with Gasteiger partial charge in [-0.05, 0) is 54.8 Å². The van der Waals surface area contributed by atoms with Crippen molar-refractivity contribution < 1.29 is 23.8 Å². The van der Waals surface area contributed by atoms with Gasteiger partial charge in [0.2, 0.25) is 0 Å². The zero-order valence-electron chi connectivity index (χ0n) is 19.8. The number of phenolic OH excluding ortho intramolecular Hbond substituents is 1. The van der Waals surface area contributed by atoms with E-state index in [2.05, 4.69) is 21.9 Å². The van der Waals surface area contributed by atoms with Crippen molar-refractivity contribution in [3.8, 4) is 11.5 Å². The van der Waals surface area contributed by atoms with E-state index >= 15 is 0 Å². The Morgan fingerprint density at radius 1 is 1.09 bits per heavy atom. The summed E-state index contributed by atoms with van der Waals surface area (Å²) in [4.78, 5) is 28.3. The van der Waals surface area contributed by atoms with Crippen LogP contribution in [-0.4, -0.2) is 56.4 Å². The zero-order chi connectivity index (χ0) is 24.2. The first-order valence-corrected chi connectivity index (χ1v) is 11.4. The largest absolute Gasteiger partial charge is 0.507 e. The smallest absolute Gasteiger partial charge is 0.336 e. The molecule has 2 heterocycles. The Morgan fingerprint density at radius 2 is 1.79 bits per heavy atom. The van der Waals surface area contributed by atoms with Crippen LogP contribution in [-0.2, 0) is 22.5 Å². The van der Waals surface area contributed by atoms with Crippen molar-refractivity contribution in [2.24, 2.45) is 0 Å². The fourth-order valence-corrected chi connectivity index (χ4v) is 4.42. The molecule has 0 amide bonds. The highest BCUT2D eigenvalue weighted by atomic mass is 16.5. The molecule has 1 aliphatic heterocycles. The minimum absolute atomic E-state index is 0.0720. The molecule has 2 aromatic carbocycles. The number of piperazine rings is 1. The fourth-order valence-electron chi connectivity index (χ4n) is 4.42. The summed E-state index contributed by atoms with van der Waals surface area (Å²) in [5.74, 6) is 0.559. The monoisotopic (exact) mass is 466 g/mol. The van der Waals surface area contributed by atoms with E-state index in [0.717, 1.165) is 48.6 Å². The van der Waals surface area contributed by atoms with Gasteiger partial charge in [0.15, 0.2) is 0 Å². The number of phenols is 1. The number of aromatic hydroxyl groups is 1. The Balaban J connectivity index is 1.57. The van der Waals surface area contributed by atoms with E-state index < -0.39 is 5.63 Å². The van der Waals surface area contributed by atoms with Crippen molar-refractivity contribution in [2.45, 2.75) is 26.3 Å². The normalized spacial score (nSPS) is 14.4. The first-order valence-electron chi connectivity index (χ1n) is 11.4. The van der Waals surface area contributed by atoms with Gasteiger partial charge in [0.1, 0.15) is 17.1 Å². The highest BCUT2D eigenvalue weighted by molar-refractivity contribution is 5.86. The van der Waals surface area contributed by atoms with E-state index in [4.69, 9.17) is 13.9 Å². The first kappa shape index (κ1) is 23.6. The van der Waals surface area contributed by atoms with Crippen molar-refractivity contribution in [1.29, 1.82) is 0 Å². The lowest BCUT2D eigenvalue weighted by Gasteiger charge is -2.36. The maximum atomic E-state index is 12.1. The number of methoxy groups -OCH3 is 2. The predicted molar refractivity (Wildman–Crippen MR) is 130 cm³/mol. The van der Waals surface area contributed by atoms with Gasteiger partial charge in [0.05, 0.1) is 19.8 Å². The second-order valence-electron chi connectivity index (χ2n) is 8.53. The number of anilines is 1. The van der Waals surface area contributed by atoms with Crippen LogP contribution in [0.5, 0.6) is 11.5 Å². The summed E-state index contributed by atoms with van der Waals surface area (Å²) in [5, 5.41) is 11.9. The van der Waals surface area contributed by atoms with Gasteiger partial charge in [-0.25, -0.2) is 4.79 Å². The van der Waals surface area contributed by atoms with Crippen molar-refractivity contribution in [3.05, 3.63) is 63.5 Å². The molecule has 1 N–H and O–H groups in total. The van der Waals surface area contributed by atoms with Crippen molar-refractivity contribution in [3.63, 3.8) is 0 Å². The molecule has 0 saturated carbocycles. The molecule has 3 aromatic rings. The number of carbonyl (C=O) groups excluding carboxylic acids is 1. The van der Waals surface area contributed by atoms with Gasteiger partial charge in [-0.1, -0.05) is 0 Å².